The summed E-state index contributed by atoms with van der Waals surface area (Å²) >= 11 is 0. The summed E-state index contributed by atoms with van der Waals surface area (Å²) in [6.45, 7) is 15.2. The topological polar surface area (TPSA) is 35.3 Å². The molecule has 0 unspecified atom stereocenters. The minimum absolute atomic E-state index is 0.159. The van der Waals surface area contributed by atoms with E-state index in [-0.39, 0.29) is 5.04 Å². The van der Waals surface area contributed by atoms with Gasteiger partial charge in [-0.2, -0.15) is 0 Å². The van der Waals surface area contributed by atoms with Crippen molar-refractivity contribution in [3.05, 3.63) is 29.5 Å². The van der Waals surface area contributed by atoms with Crippen molar-refractivity contribution >= 4 is 25.4 Å². The number of benzene rings is 1. The fourth-order valence-electron chi connectivity index (χ4n) is 1.97. The lowest BCUT2D eigenvalue weighted by molar-refractivity contribution is 0.446. The van der Waals surface area contributed by atoms with Crippen LogP contribution in [0.5, 0.6) is 5.75 Å². The van der Waals surface area contributed by atoms with Crippen molar-refractivity contribution in [2.45, 2.75) is 52.8 Å². The molecule has 4 heteroatoms. The van der Waals surface area contributed by atoms with Crippen LogP contribution in [0.2, 0.25) is 18.1 Å². The summed E-state index contributed by atoms with van der Waals surface area (Å²) in [5, 5.41) is 5.28. The van der Waals surface area contributed by atoms with Gasteiger partial charge in [-0.15, -0.1) is 0 Å². The van der Waals surface area contributed by atoms with Crippen LogP contribution in [0.4, 0.5) is 0 Å². The Kier molecular flexibility index (Phi) is 4.02. The maximum absolute atomic E-state index is 6.47. The number of hydrogen-bond acceptors (Lipinski definition) is 3. The predicted molar refractivity (Wildman–Crippen MR) is 91.3 cm³/mol. The van der Waals surface area contributed by atoms with Crippen LogP contribution in [0, 0.1) is 6.92 Å². The third kappa shape index (κ3) is 2.90. The Morgan fingerprint density at radius 1 is 1.24 bits per heavy atom. The van der Waals surface area contributed by atoms with Gasteiger partial charge in [-0.1, -0.05) is 38.1 Å². The van der Waals surface area contributed by atoms with E-state index in [1.165, 1.54) is 0 Å². The van der Waals surface area contributed by atoms with Crippen molar-refractivity contribution < 1.29 is 8.95 Å². The first-order valence-corrected chi connectivity index (χ1v) is 10.3. The molecule has 114 valence electrons. The Hall–Kier alpha value is -1.55. The van der Waals surface area contributed by atoms with Crippen LogP contribution in [0.15, 0.2) is 22.7 Å². The van der Waals surface area contributed by atoms with E-state index in [4.69, 9.17) is 8.95 Å². The number of fused-ring (bicyclic) bond motifs is 1. The third-order valence-electron chi connectivity index (χ3n) is 4.32. The van der Waals surface area contributed by atoms with Gasteiger partial charge in [0.25, 0.3) is 8.32 Å². The lowest BCUT2D eigenvalue weighted by Crippen LogP contribution is -2.44. The summed E-state index contributed by atoms with van der Waals surface area (Å²) in [4.78, 5) is 0. The summed E-state index contributed by atoms with van der Waals surface area (Å²) in [7, 11) is -1.88. The zero-order valence-corrected chi connectivity index (χ0v) is 15.1. The molecule has 0 fully saturated rings. The normalized spacial score (nSPS) is 13.3. The van der Waals surface area contributed by atoms with Crippen molar-refractivity contribution in [2.75, 3.05) is 0 Å². The molecule has 3 nitrogen and oxygen atoms in total. The molecule has 0 N–H and O–H groups in total. The summed E-state index contributed by atoms with van der Waals surface area (Å²) in [5.41, 5.74) is 2.71. The highest BCUT2D eigenvalue weighted by molar-refractivity contribution is 6.74. The molecule has 2 aromatic rings. The van der Waals surface area contributed by atoms with Crippen molar-refractivity contribution in [1.29, 1.82) is 0 Å². The Balaban J connectivity index is 2.57. The zero-order chi connectivity index (χ0) is 15.8. The molecule has 0 aliphatic heterocycles. The highest BCUT2D eigenvalue weighted by Crippen LogP contribution is 2.40. The van der Waals surface area contributed by atoms with Gasteiger partial charge in [-0.25, -0.2) is 0 Å². The monoisotopic (exact) mass is 303 g/mol. The molecule has 0 radical (unpaired) electrons. The van der Waals surface area contributed by atoms with E-state index in [1.807, 2.05) is 38.1 Å². The average Bonchev–Trinajstić information content (AvgIpc) is 2.73. The molecule has 0 saturated heterocycles. The minimum atomic E-state index is -1.88. The fourth-order valence-corrected chi connectivity index (χ4v) is 3.00. The molecule has 2 rings (SSSR count). The predicted octanol–water partition coefficient (Wildman–Crippen LogP) is 5.55. The van der Waals surface area contributed by atoms with Crippen molar-refractivity contribution in [2.24, 2.45) is 0 Å². The van der Waals surface area contributed by atoms with Crippen LogP contribution in [0.25, 0.3) is 17.0 Å². The van der Waals surface area contributed by atoms with E-state index in [9.17, 15) is 0 Å². The van der Waals surface area contributed by atoms with Gasteiger partial charge >= 0.3 is 0 Å². The second-order valence-electron chi connectivity index (χ2n) is 6.98. The van der Waals surface area contributed by atoms with E-state index in [0.717, 1.165) is 28.0 Å². The second kappa shape index (κ2) is 5.33. The SMILES string of the molecule is C/C=C/c1c(O[Si](C)(C)C(C)(C)C)ccc2c(C)noc12. The summed E-state index contributed by atoms with van der Waals surface area (Å²) in [6, 6.07) is 4.08. The van der Waals surface area contributed by atoms with Gasteiger partial charge in [-0.05, 0) is 44.1 Å². The molecule has 21 heavy (non-hydrogen) atoms. The molecule has 1 aromatic carbocycles. The molecular weight excluding hydrogens is 278 g/mol. The Morgan fingerprint density at radius 3 is 2.48 bits per heavy atom. The van der Waals surface area contributed by atoms with Gasteiger partial charge in [0.05, 0.1) is 11.3 Å². The number of allylic oxidation sites excluding steroid dienone is 1. The molecule has 0 aliphatic carbocycles. The fraction of sp³-hybridized carbons (Fsp3) is 0.471. The van der Waals surface area contributed by atoms with Crippen molar-refractivity contribution in [1.82, 2.24) is 5.16 Å². The first kappa shape index (κ1) is 15.8. The lowest BCUT2D eigenvalue weighted by atomic mass is 10.1. The van der Waals surface area contributed by atoms with Crippen LogP contribution in [-0.2, 0) is 0 Å². The van der Waals surface area contributed by atoms with Crippen molar-refractivity contribution in [3.63, 3.8) is 0 Å². The van der Waals surface area contributed by atoms with Gasteiger partial charge < -0.3 is 8.95 Å². The smallest absolute Gasteiger partial charge is 0.250 e. The highest BCUT2D eigenvalue weighted by Gasteiger charge is 2.39. The molecule has 0 atom stereocenters. The lowest BCUT2D eigenvalue weighted by Gasteiger charge is -2.36. The maximum Gasteiger partial charge on any atom is 0.250 e. The van der Waals surface area contributed by atoms with Gasteiger partial charge in [0.1, 0.15) is 5.75 Å². The molecule has 0 saturated carbocycles. The van der Waals surface area contributed by atoms with E-state index in [1.54, 1.807) is 0 Å². The molecule has 0 amide bonds. The first-order chi connectivity index (χ1) is 9.67. The minimum Gasteiger partial charge on any atom is -0.543 e. The number of rotatable bonds is 3. The van der Waals surface area contributed by atoms with Crippen molar-refractivity contribution in [3.8, 4) is 5.75 Å². The van der Waals surface area contributed by atoms with Gasteiger partial charge in [0.2, 0.25) is 0 Å². The molecule has 0 spiro atoms. The Labute approximate surface area is 128 Å². The summed E-state index contributed by atoms with van der Waals surface area (Å²) < 4.78 is 12.0. The number of hydrogen-bond donors (Lipinski definition) is 0. The number of aromatic nitrogens is 1. The Bertz CT molecular complexity index is 678. The molecule has 0 bridgehead atoms. The third-order valence-corrected chi connectivity index (χ3v) is 8.67. The molecule has 1 aromatic heterocycles. The van der Waals surface area contributed by atoms with Crippen LogP contribution in [0.3, 0.4) is 0 Å². The van der Waals surface area contributed by atoms with E-state index < -0.39 is 8.32 Å². The second-order valence-corrected chi connectivity index (χ2v) is 11.7. The van der Waals surface area contributed by atoms with Gasteiger partial charge in [0.15, 0.2) is 5.58 Å². The summed E-state index contributed by atoms with van der Waals surface area (Å²) in [5.74, 6) is 0.892. The molecular formula is C17H25NO2Si. The molecule has 1 heterocycles. The van der Waals surface area contributed by atoms with Gasteiger partial charge in [-0.3, -0.25) is 0 Å². The highest BCUT2D eigenvalue weighted by atomic mass is 28.4. The number of nitrogens with zero attached hydrogens (tertiary/aromatic N) is 1. The van der Waals surface area contributed by atoms with Gasteiger partial charge in [0, 0.05) is 5.39 Å². The largest absolute Gasteiger partial charge is 0.543 e. The average molecular weight is 303 g/mol. The van der Waals surface area contributed by atoms with Crippen LogP contribution >= 0.6 is 0 Å². The van der Waals surface area contributed by atoms with E-state index >= 15 is 0 Å². The first-order valence-electron chi connectivity index (χ1n) is 7.38. The van der Waals surface area contributed by atoms with E-state index in [0.29, 0.717) is 0 Å². The molecule has 0 aliphatic rings. The quantitative estimate of drug-likeness (QED) is 0.697. The summed E-state index contributed by atoms with van der Waals surface area (Å²) in [6.07, 6.45) is 4.04. The number of aryl methyl sites for hydroxylation is 1. The maximum atomic E-state index is 6.47. The van der Waals surface area contributed by atoms with Crippen LogP contribution in [-0.4, -0.2) is 13.5 Å². The standard InChI is InChI=1S/C17H25NO2Si/c1-8-9-14-15(20-21(6,7)17(3,4)5)11-10-13-12(2)18-19-16(13)14/h8-11H,1-7H3/b9-8+. The Morgan fingerprint density at radius 2 is 1.90 bits per heavy atom. The zero-order valence-electron chi connectivity index (χ0n) is 14.1. The van der Waals surface area contributed by atoms with Crippen LogP contribution in [0.1, 0.15) is 39.0 Å². The van der Waals surface area contributed by atoms with E-state index in [2.05, 4.69) is 39.0 Å². The van der Waals surface area contributed by atoms with Crippen LogP contribution < -0.4 is 4.43 Å².